The number of thiazole rings is 1. The van der Waals surface area contributed by atoms with Crippen molar-refractivity contribution in [2.75, 3.05) is 18.5 Å². The van der Waals surface area contributed by atoms with Gasteiger partial charge in [0.2, 0.25) is 0 Å². The first-order chi connectivity index (χ1) is 11.3. The van der Waals surface area contributed by atoms with Crippen molar-refractivity contribution in [3.8, 4) is 0 Å². The van der Waals surface area contributed by atoms with Gasteiger partial charge < -0.3 is 15.4 Å². The lowest BCUT2D eigenvalue weighted by atomic mass is 10.1. The van der Waals surface area contributed by atoms with Crippen LogP contribution in [0.3, 0.4) is 0 Å². The van der Waals surface area contributed by atoms with Crippen LogP contribution in [-0.4, -0.2) is 29.0 Å². The number of hydrogen-bond acceptors (Lipinski definition) is 6. The zero-order valence-electron chi connectivity index (χ0n) is 12.7. The summed E-state index contributed by atoms with van der Waals surface area (Å²) >= 11 is 1.61. The topological polar surface area (TPSA) is 76.1 Å². The van der Waals surface area contributed by atoms with Crippen molar-refractivity contribution in [1.82, 2.24) is 15.3 Å². The molecule has 6 nitrogen and oxygen atoms in total. The molecule has 2 aliphatic rings. The number of hydrogen-bond donors (Lipinski definition) is 2. The minimum atomic E-state index is -0.150. The van der Waals surface area contributed by atoms with Crippen LogP contribution < -0.4 is 10.6 Å². The number of aromatic nitrogens is 2. The van der Waals surface area contributed by atoms with Gasteiger partial charge in [-0.05, 0) is 25.0 Å². The second kappa shape index (κ2) is 6.25. The van der Waals surface area contributed by atoms with Crippen LogP contribution in [0.1, 0.15) is 38.2 Å². The Morgan fingerprint density at radius 2 is 2.26 bits per heavy atom. The molecule has 0 atom stereocenters. The number of nitrogens with zero attached hydrogens (tertiary/aromatic N) is 2. The molecular weight excluding hydrogens is 312 g/mol. The molecule has 0 fully saturated rings. The lowest BCUT2D eigenvalue weighted by molar-refractivity contribution is 0.0945. The second-order valence-electron chi connectivity index (χ2n) is 5.68. The third-order valence-corrected chi connectivity index (χ3v) is 5.12. The fourth-order valence-corrected chi connectivity index (χ4v) is 3.85. The third kappa shape index (κ3) is 3.07. The van der Waals surface area contributed by atoms with E-state index in [0.717, 1.165) is 54.5 Å². The zero-order valence-corrected chi connectivity index (χ0v) is 13.5. The fourth-order valence-electron chi connectivity index (χ4n) is 2.86. The highest BCUT2D eigenvalue weighted by atomic mass is 32.1. The molecule has 0 bridgehead atoms. The Morgan fingerprint density at radius 3 is 3.17 bits per heavy atom. The number of fused-ring (bicyclic) bond motifs is 2. The number of amides is 1. The molecule has 2 aliphatic heterocycles. The van der Waals surface area contributed by atoms with Crippen molar-refractivity contribution in [2.24, 2.45) is 0 Å². The molecule has 0 aromatic carbocycles. The van der Waals surface area contributed by atoms with Crippen molar-refractivity contribution in [1.29, 1.82) is 0 Å². The summed E-state index contributed by atoms with van der Waals surface area (Å²) in [5.41, 5.74) is 3.60. The van der Waals surface area contributed by atoms with Crippen LogP contribution in [0.15, 0.2) is 12.1 Å². The van der Waals surface area contributed by atoms with Gasteiger partial charge in [-0.15, -0.1) is 11.3 Å². The maximum absolute atomic E-state index is 12.3. The summed E-state index contributed by atoms with van der Waals surface area (Å²) in [5, 5.41) is 7.14. The SMILES string of the molecule is O=C(NCc1nc2c(s1)COCC2)c1ccc2c(n1)CCCN2. The van der Waals surface area contributed by atoms with E-state index in [9.17, 15) is 4.79 Å². The number of pyridine rings is 1. The highest BCUT2D eigenvalue weighted by Gasteiger charge is 2.17. The summed E-state index contributed by atoms with van der Waals surface area (Å²) < 4.78 is 5.42. The van der Waals surface area contributed by atoms with Gasteiger partial charge in [-0.3, -0.25) is 4.79 Å². The molecule has 0 saturated carbocycles. The van der Waals surface area contributed by atoms with Gasteiger partial charge >= 0.3 is 0 Å². The van der Waals surface area contributed by atoms with Crippen molar-refractivity contribution < 1.29 is 9.53 Å². The Balaban J connectivity index is 1.42. The first-order valence-corrected chi connectivity index (χ1v) is 8.68. The Morgan fingerprint density at radius 1 is 1.30 bits per heavy atom. The van der Waals surface area contributed by atoms with Gasteiger partial charge in [0.25, 0.3) is 5.91 Å². The van der Waals surface area contributed by atoms with E-state index >= 15 is 0 Å². The van der Waals surface area contributed by atoms with Gasteiger partial charge in [-0.25, -0.2) is 9.97 Å². The molecular formula is C16H18N4O2S. The molecule has 2 aromatic rings. The van der Waals surface area contributed by atoms with Crippen LogP contribution >= 0.6 is 11.3 Å². The van der Waals surface area contributed by atoms with Gasteiger partial charge in [-0.2, -0.15) is 0 Å². The highest BCUT2D eigenvalue weighted by Crippen LogP contribution is 2.23. The quantitative estimate of drug-likeness (QED) is 0.899. The van der Waals surface area contributed by atoms with Crippen molar-refractivity contribution >= 4 is 22.9 Å². The van der Waals surface area contributed by atoms with E-state index in [1.54, 1.807) is 17.4 Å². The lowest BCUT2D eigenvalue weighted by Crippen LogP contribution is -2.25. The maximum atomic E-state index is 12.3. The number of anilines is 1. The van der Waals surface area contributed by atoms with Crippen LogP contribution in [0.4, 0.5) is 5.69 Å². The normalized spacial score (nSPS) is 16.2. The third-order valence-electron chi connectivity index (χ3n) is 4.05. The standard InChI is InChI=1S/C16H18N4O2S/c21-16(13-4-3-10-11(19-13)2-1-6-17-10)18-8-15-20-12-5-7-22-9-14(12)23-15/h3-4,17H,1-2,5-9H2,(H,18,21). The lowest BCUT2D eigenvalue weighted by Gasteiger charge is -2.17. The van der Waals surface area contributed by atoms with Gasteiger partial charge in [0.1, 0.15) is 10.7 Å². The summed E-state index contributed by atoms with van der Waals surface area (Å²) in [6.45, 7) is 2.78. The summed E-state index contributed by atoms with van der Waals surface area (Å²) in [4.78, 5) is 22.5. The van der Waals surface area contributed by atoms with Gasteiger partial charge in [0.05, 0.1) is 41.7 Å². The zero-order chi connectivity index (χ0) is 15.6. The van der Waals surface area contributed by atoms with Crippen LogP contribution in [0.5, 0.6) is 0 Å². The number of carbonyl (C=O) groups excluding carboxylic acids is 1. The van der Waals surface area contributed by atoms with Gasteiger partial charge in [0, 0.05) is 13.0 Å². The molecule has 0 saturated heterocycles. The average Bonchev–Trinajstić information content (AvgIpc) is 3.02. The first kappa shape index (κ1) is 14.6. The molecule has 0 spiro atoms. The van der Waals surface area contributed by atoms with Gasteiger partial charge in [0.15, 0.2) is 0 Å². The molecule has 23 heavy (non-hydrogen) atoms. The van der Waals surface area contributed by atoms with E-state index in [1.165, 1.54) is 4.88 Å². The first-order valence-electron chi connectivity index (χ1n) is 7.87. The van der Waals surface area contributed by atoms with Gasteiger partial charge in [-0.1, -0.05) is 0 Å². The fraction of sp³-hybridized carbons (Fsp3) is 0.438. The smallest absolute Gasteiger partial charge is 0.270 e. The van der Waals surface area contributed by atoms with E-state index < -0.39 is 0 Å². The molecule has 4 rings (SSSR count). The molecule has 2 aromatic heterocycles. The van der Waals surface area contributed by atoms with E-state index in [-0.39, 0.29) is 5.91 Å². The number of ether oxygens (including phenoxy) is 1. The van der Waals surface area contributed by atoms with Crippen molar-refractivity contribution in [3.63, 3.8) is 0 Å². The Labute approximate surface area is 138 Å². The summed E-state index contributed by atoms with van der Waals surface area (Å²) in [6.07, 6.45) is 2.83. The van der Waals surface area contributed by atoms with Crippen LogP contribution in [-0.2, 0) is 30.7 Å². The Hall–Kier alpha value is -1.99. The van der Waals surface area contributed by atoms with Crippen LogP contribution in [0.25, 0.3) is 0 Å². The minimum absolute atomic E-state index is 0.150. The van der Waals surface area contributed by atoms with E-state index in [2.05, 4.69) is 20.6 Å². The monoisotopic (exact) mass is 330 g/mol. The number of nitrogens with one attached hydrogen (secondary N) is 2. The highest BCUT2D eigenvalue weighted by molar-refractivity contribution is 7.11. The molecule has 1 amide bonds. The van der Waals surface area contributed by atoms with Crippen molar-refractivity contribution in [3.05, 3.63) is 39.1 Å². The molecule has 0 aliphatic carbocycles. The molecule has 2 N–H and O–H groups in total. The van der Waals surface area contributed by atoms with E-state index in [4.69, 9.17) is 4.74 Å². The molecule has 4 heterocycles. The predicted octanol–water partition coefficient (Wildman–Crippen LogP) is 1.90. The Bertz CT molecular complexity index is 720. The number of rotatable bonds is 3. The predicted molar refractivity (Wildman–Crippen MR) is 87.7 cm³/mol. The summed E-state index contributed by atoms with van der Waals surface area (Å²) in [5.74, 6) is -0.150. The summed E-state index contributed by atoms with van der Waals surface area (Å²) in [7, 11) is 0. The van der Waals surface area contributed by atoms with E-state index in [1.807, 2.05) is 6.07 Å². The maximum Gasteiger partial charge on any atom is 0.270 e. The van der Waals surface area contributed by atoms with Crippen molar-refractivity contribution in [2.45, 2.75) is 32.4 Å². The van der Waals surface area contributed by atoms with Crippen LogP contribution in [0.2, 0.25) is 0 Å². The molecule has 0 radical (unpaired) electrons. The van der Waals surface area contributed by atoms with Crippen LogP contribution in [0, 0.1) is 0 Å². The molecule has 0 unspecified atom stereocenters. The summed E-state index contributed by atoms with van der Waals surface area (Å²) in [6, 6.07) is 3.71. The van der Waals surface area contributed by atoms with E-state index in [0.29, 0.717) is 18.8 Å². The average molecular weight is 330 g/mol. The molecule has 120 valence electrons. The second-order valence-corrected chi connectivity index (χ2v) is 6.85. The number of carbonyl (C=O) groups is 1. The number of aryl methyl sites for hydroxylation is 1. The minimum Gasteiger partial charge on any atom is -0.384 e. The largest absolute Gasteiger partial charge is 0.384 e. The Kier molecular flexibility index (Phi) is 3.97. The molecule has 7 heteroatoms.